The van der Waals surface area contributed by atoms with Gasteiger partial charge in [-0.05, 0) is 24.7 Å². The minimum atomic E-state index is -0.404. The van der Waals surface area contributed by atoms with Gasteiger partial charge in [-0.1, -0.05) is 39.8 Å². The number of hydrogen-bond donors (Lipinski definition) is 0. The number of allylic oxidation sites excluding steroid dienone is 2. The number of carbonyl (C=O) groups excluding carboxylic acids is 2. The van der Waals surface area contributed by atoms with Crippen LogP contribution in [0.15, 0.2) is 12.2 Å². The van der Waals surface area contributed by atoms with Gasteiger partial charge in [-0.25, -0.2) is 0 Å². The van der Waals surface area contributed by atoms with Crippen molar-refractivity contribution in [2.45, 2.75) is 40.5 Å². The molecule has 4 nitrogen and oxygen atoms in total. The van der Waals surface area contributed by atoms with Gasteiger partial charge in [-0.2, -0.15) is 0 Å². The third-order valence-electron chi connectivity index (χ3n) is 3.16. The SMILES string of the molecule is CC(C)COC(=O)[C@H]1CC=CC[C@H]1C(=O)OCC(C)C. The quantitative estimate of drug-likeness (QED) is 0.555. The number of carbonyl (C=O) groups is 2. The van der Waals surface area contributed by atoms with Crippen LogP contribution in [-0.2, 0) is 19.1 Å². The van der Waals surface area contributed by atoms with E-state index in [1.807, 2.05) is 39.8 Å². The second kappa shape index (κ2) is 8.08. The van der Waals surface area contributed by atoms with Gasteiger partial charge in [0.2, 0.25) is 0 Å². The molecule has 0 heterocycles. The first-order chi connectivity index (χ1) is 9.41. The molecule has 0 spiro atoms. The van der Waals surface area contributed by atoms with Crippen LogP contribution in [0.4, 0.5) is 0 Å². The lowest BCUT2D eigenvalue weighted by atomic mass is 9.83. The fourth-order valence-corrected chi connectivity index (χ4v) is 2.05. The molecular weight excluding hydrogens is 256 g/mol. The second-order valence-corrected chi connectivity index (χ2v) is 6.20. The summed E-state index contributed by atoms with van der Waals surface area (Å²) in [5, 5.41) is 0. The lowest BCUT2D eigenvalue weighted by molar-refractivity contribution is -0.162. The predicted octanol–water partition coefficient (Wildman–Crippen LogP) is 2.97. The molecule has 0 fully saturated rings. The first-order valence-electron chi connectivity index (χ1n) is 7.40. The fraction of sp³-hybridized carbons (Fsp3) is 0.750. The summed E-state index contributed by atoms with van der Waals surface area (Å²) in [6, 6.07) is 0. The monoisotopic (exact) mass is 282 g/mol. The molecule has 0 amide bonds. The van der Waals surface area contributed by atoms with Gasteiger partial charge in [-0.15, -0.1) is 0 Å². The van der Waals surface area contributed by atoms with Crippen LogP contribution in [0.5, 0.6) is 0 Å². The van der Waals surface area contributed by atoms with E-state index in [2.05, 4.69) is 0 Å². The zero-order chi connectivity index (χ0) is 15.1. The lowest BCUT2D eigenvalue weighted by Crippen LogP contribution is -2.34. The Morgan fingerprint density at radius 1 is 0.900 bits per heavy atom. The Balaban J connectivity index is 2.60. The number of ether oxygens (including phenoxy) is 2. The van der Waals surface area contributed by atoms with Crippen molar-refractivity contribution < 1.29 is 19.1 Å². The van der Waals surface area contributed by atoms with Crippen LogP contribution in [0.3, 0.4) is 0 Å². The smallest absolute Gasteiger partial charge is 0.310 e. The molecule has 0 aromatic heterocycles. The Bertz CT molecular complexity index is 323. The summed E-state index contributed by atoms with van der Waals surface area (Å²) in [5.41, 5.74) is 0. The van der Waals surface area contributed by atoms with Gasteiger partial charge < -0.3 is 9.47 Å². The van der Waals surface area contributed by atoms with Crippen LogP contribution in [0.25, 0.3) is 0 Å². The highest BCUT2D eigenvalue weighted by Crippen LogP contribution is 2.28. The highest BCUT2D eigenvalue weighted by molar-refractivity contribution is 5.82. The third-order valence-corrected chi connectivity index (χ3v) is 3.16. The van der Waals surface area contributed by atoms with E-state index in [0.29, 0.717) is 37.9 Å². The molecule has 0 aliphatic heterocycles. The Morgan fingerprint density at radius 2 is 1.25 bits per heavy atom. The van der Waals surface area contributed by atoms with Crippen molar-refractivity contribution in [3.8, 4) is 0 Å². The van der Waals surface area contributed by atoms with E-state index < -0.39 is 11.8 Å². The Morgan fingerprint density at radius 3 is 1.55 bits per heavy atom. The zero-order valence-electron chi connectivity index (χ0n) is 12.9. The van der Waals surface area contributed by atoms with Gasteiger partial charge in [0.1, 0.15) is 0 Å². The molecule has 114 valence electrons. The van der Waals surface area contributed by atoms with Gasteiger partial charge in [-0.3, -0.25) is 9.59 Å². The van der Waals surface area contributed by atoms with Crippen molar-refractivity contribution in [3.05, 3.63) is 12.2 Å². The van der Waals surface area contributed by atoms with Crippen molar-refractivity contribution in [1.29, 1.82) is 0 Å². The van der Waals surface area contributed by atoms with Crippen molar-refractivity contribution in [1.82, 2.24) is 0 Å². The molecule has 1 rings (SSSR count). The molecule has 0 bridgehead atoms. The lowest BCUT2D eigenvalue weighted by Gasteiger charge is -2.25. The highest BCUT2D eigenvalue weighted by Gasteiger charge is 2.36. The van der Waals surface area contributed by atoms with E-state index in [4.69, 9.17) is 9.47 Å². The van der Waals surface area contributed by atoms with Crippen molar-refractivity contribution in [2.24, 2.45) is 23.7 Å². The van der Waals surface area contributed by atoms with Crippen LogP contribution in [0.2, 0.25) is 0 Å². The summed E-state index contributed by atoms with van der Waals surface area (Å²) in [6.07, 6.45) is 4.98. The van der Waals surface area contributed by atoms with Crippen molar-refractivity contribution in [2.75, 3.05) is 13.2 Å². The van der Waals surface area contributed by atoms with E-state index in [0.717, 1.165) is 0 Å². The third kappa shape index (κ3) is 5.35. The Hall–Kier alpha value is -1.32. The molecular formula is C16H26O4. The van der Waals surface area contributed by atoms with Gasteiger partial charge in [0, 0.05) is 0 Å². The number of hydrogen-bond acceptors (Lipinski definition) is 4. The first-order valence-corrected chi connectivity index (χ1v) is 7.40. The summed E-state index contributed by atoms with van der Waals surface area (Å²) in [4.78, 5) is 24.2. The van der Waals surface area contributed by atoms with E-state index in [-0.39, 0.29) is 11.9 Å². The molecule has 1 aliphatic carbocycles. The van der Waals surface area contributed by atoms with Gasteiger partial charge in [0.25, 0.3) is 0 Å². The first kappa shape index (κ1) is 16.7. The predicted molar refractivity (Wildman–Crippen MR) is 76.9 cm³/mol. The summed E-state index contributed by atoms with van der Waals surface area (Å²) in [6.45, 7) is 8.75. The van der Waals surface area contributed by atoms with Crippen LogP contribution in [-0.4, -0.2) is 25.2 Å². The topological polar surface area (TPSA) is 52.6 Å². The average Bonchev–Trinajstić information content (AvgIpc) is 2.42. The maximum absolute atomic E-state index is 12.1. The maximum atomic E-state index is 12.1. The number of rotatable bonds is 6. The molecule has 0 saturated carbocycles. The highest BCUT2D eigenvalue weighted by atomic mass is 16.5. The van der Waals surface area contributed by atoms with Crippen molar-refractivity contribution in [3.63, 3.8) is 0 Å². The Kier molecular flexibility index (Phi) is 6.76. The summed E-state index contributed by atoms with van der Waals surface area (Å²) >= 11 is 0. The summed E-state index contributed by atoms with van der Waals surface area (Å²) < 4.78 is 10.5. The molecule has 0 aromatic carbocycles. The van der Waals surface area contributed by atoms with E-state index in [9.17, 15) is 9.59 Å². The standard InChI is InChI=1S/C16H26O4/c1-11(2)9-19-15(17)13-7-5-6-8-14(13)16(18)20-10-12(3)4/h5-6,11-14H,7-10H2,1-4H3/t13-,14+. The van der Waals surface area contributed by atoms with Gasteiger partial charge in [0.05, 0.1) is 25.0 Å². The molecule has 1 aliphatic rings. The van der Waals surface area contributed by atoms with E-state index >= 15 is 0 Å². The Labute approximate surface area is 121 Å². The van der Waals surface area contributed by atoms with E-state index in [1.54, 1.807) is 0 Å². The number of esters is 2. The van der Waals surface area contributed by atoms with E-state index in [1.165, 1.54) is 0 Å². The second-order valence-electron chi connectivity index (χ2n) is 6.20. The molecule has 0 radical (unpaired) electrons. The van der Waals surface area contributed by atoms with Crippen LogP contribution < -0.4 is 0 Å². The van der Waals surface area contributed by atoms with Crippen LogP contribution in [0, 0.1) is 23.7 Å². The minimum absolute atomic E-state index is 0.283. The molecule has 20 heavy (non-hydrogen) atoms. The van der Waals surface area contributed by atoms with Gasteiger partial charge >= 0.3 is 11.9 Å². The summed E-state index contributed by atoms with van der Waals surface area (Å²) in [7, 11) is 0. The minimum Gasteiger partial charge on any atom is -0.465 e. The normalized spacial score (nSPS) is 22.1. The molecule has 0 N–H and O–H groups in total. The fourth-order valence-electron chi connectivity index (χ4n) is 2.05. The average molecular weight is 282 g/mol. The van der Waals surface area contributed by atoms with Crippen LogP contribution >= 0.6 is 0 Å². The zero-order valence-corrected chi connectivity index (χ0v) is 12.9. The van der Waals surface area contributed by atoms with Gasteiger partial charge in [0.15, 0.2) is 0 Å². The maximum Gasteiger partial charge on any atom is 0.310 e. The summed E-state index contributed by atoms with van der Waals surface area (Å²) in [5.74, 6) is -0.783. The molecule has 4 heteroatoms. The molecule has 0 saturated heterocycles. The largest absolute Gasteiger partial charge is 0.465 e. The molecule has 0 unspecified atom stereocenters. The molecule has 0 aromatic rings. The van der Waals surface area contributed by atoms with Crippen LogP contribution in [0.1, 0.15) is 40.5 Å². The van der Waals surface area contributed by atoms with Crippen molar-refractivity contribution >= 4 is 11.9 Å². The molecule has 2 atom stereocenters.